The summed E-state index contributed by atoms with van der Waals surface area (Å²) < 4.78 is 12.9. The van der Waals surface area contributed by atoms with Gasteiger partial charge in [0.15, 0.2) is 0 Å². The molecule has 0 bridgehead atoms. The number of benzene rings is 2. The molecule has 1 fully saturated rings. The van der Waals surface area contributed by atoms with Crippen molar-refractivity contribution in [3.63, 3.8) is 0 Å². The molecule has 3 amide bonds. The van der Waals surface area contributed by atoms with Crippen molar-refractivity contribution in [2.24, 2.45) is 5.73 Å². The van der Waals surface area contributed by atoms with Gasteiger partial charge in [0, 0.05) is 24.8 Å². The third-order valence-electron chi connectivity index (χ3n) is 4.86. The molecule has 29 heavy (non-hydrogen) atoms. The summed E-state index contributed by atoms with van der Waals surface area (Å²) in [4.78, 5) is 26.4. The second kappa shape index (κ2) is 10.8. The number of urea groups is 1. The molecular formula is C21H26ClFN4O2. The first-order valence-corrected chi connectivity index (χ1v) is 9.42. The Balaban J connectivity index is 0.00000300. The highest BCUT2D eigenvalue weighted by atomic mass is 35.5. The molecule has 0 spiro atoms. The molecule has 156 valence electrons. The zero-order valence-electron chi connectivity index (χ0n) is 16.0. The second-order valence-corrected chi connectivity index (χ2v) is 7.00. The number of hydrogen-bond acceptors (Lipinski definition) is 3. The molecule has 0 aliphatic carbocycles. The maximum atomic E-state index is 12.9. The van der Waals surface area contributed by atoms with E-state index in [9.17, 15) is 14.0 Å². The van der Waals surface area contributed by atoms with E-state index < -0.39 is 6.04 Å². The van der Waals surface area contributed by atoms with Crippen LogP contribution < -0.4 is 16.4 Å². The Labute approximate surface area is 176 Å². The molecule has 6 nitrogen and oxygen atoms in total. The van der Waals surface area contributed by atoms with Gasteiger partial charge in [-0.2, -0.15) is 0 Å². The molecule has 1 saturated heterocycles. The zero-order valence-corrected chi connectivity index (χ0v) is 16.8. The number of anilines is 1. The van der Waals surface area contributed by atoms with E-state index in [1.165, 1.54) is 24.3 Å². The maximum absolute atomic E-state index is 12.9. The highest BCUT2D eigenvalue weighted by molar-refractivity contribution is 5.89. The van der Waals surface area contributed by atoms with Crippen molar-refractivity contribution >= 4 is 30.0 Å². The highest BCUT2D eigenvalue weighted by Gasteiger charge is 2.27. The summed E-state index contributed by atoms with van der Waals surface area (Å²) in [6, 6.07) is 14.4. The predicted octanol–water partition coefficient (Wildman–Crippen LogP) is 2.93. The van der Waals surface area contributed by atoms with Gasteiger partial charge >= 0.3 is 6.03 Å². The third kappa shape index (κ3) is 6.73. The molecular weight excluding hydrogens is 395 g/mol. The lowest BCUT2D eigenvalue weighted by Crippen LogP contribution is -2.51. The van der Waals surface area contributed by atoms with Gasteiger partial charge in [0.1, 0.15) is 5.82 Å². The Bertz CT molecular complexity index is 796. The average molecular weight is 421 g/mol. The first-order valence-electron chi connectivity index (χ1n) is 9.42. The summed E-state index contributed by atoms with van der Waals surface area (Å²) >= 11 is 0. The van der Waals surface area contributed by atoms with Crippen molar-refractivity contribution in [2.45, 2.75) is 31.3 Å². The Morgan fingerprint density at radius 3 is 2.31 bits per heavy atom. The van der Waals surface area contributed by atoms with E-state index >= 15 is 0 Å². The minimum Gasteiger partial charge on any atom is -0.341 e. The lowest BCUT2D eigenvalue weighted by molar-refractivity contribution is -0.133. The fourth-order valence-corrected chi connectivity index (χ4v) is 3.32. The quantitative estimate of drug-likeness (QED) is 0.695. The lowest BCUT2D eigenvalue weighted by atomic mass is 10.0. The van der Waals surface area contributed by atoms with Crippen LogP contribution in [0.5, 0.6) is 0 Å². The van der Waals surface area contributed by atoms with E-state index in [0.717, 1.165) is 5.56 Å². The van der Waals surface area contributed by atoms with Crippen molar-refractivity contribution in [1.82, 2.24) is 10.2 Å². The first kappa shape index (κ1) is 22.6. The van der Waals surface area contributed by atoms with Crippen LogP contribution in [0.3, 0.4) is 0 Å². The van der Waals surface area contributed by atoms with Crippen molar-refractivity contribution in [1.29, 1.82) is 0 Å². The number of rotatable bonds is 5. The van der Waals surface area contributed by atoms with Gasteiger partial charge in [-0.25, -0.2) is 9.18 Å². The van der Waals surface area contributed by atoms with Gasteiger partial charge in [-0.15, -0.1) is 12.4 Å². The van der Waals surface area contributed by atoms with E-state index in [4.69, 9.17) is 5.73 Å². The number of nitrogens with one attached hydrogen (secondary N) is 2. The predicted molar refractivity (Wildman–Crippen MR) is 114 cm³/mol. The van der Waals surface area contributed by atoms with Gasteiger partial charge in [0.25, 0.3) is 0 Å². The van der Waals surface area contributed by atoms with Crippen LogP contribution >= 0.6 is 12.4 Å². The van der Waals surface area contributed by atoms with Crippen LogP contribution in [0.1, 0.15) is 18.4 Å². The number of piperidine rings is 1. The van der Waals surface area contributed by atoms with E-state index in [0.29, 0.717) is 38.0 Å². The van der Waals surface area contributed by atoms with Crippen molar-refractivity contribution in [3.8, 4) is 0 Å². The molecule has 2 aromatic rings. The zero-order chi connectivity index (χ0) is 19.9. The van der Waals surface area contributed by atoms with Gasteiger partial charge in [0.05, 0.1) is 6.04 Å². The number of halogens is 2. The van der Waals surface area contributed by atoms with Crippen LogP contribution in [0, 0.1) is 5.82 Å². The Morgan fingerprint density at radius 1 is 1.07 bits per heavy atom. The summed E-state index contributed by atoms with van der Waals surface area (Å²) in [5.74, 6) is -0.411. The molecule has 8 heteroatoms. The molecule has 0 unspecified atom stereocenters. The SMILES string of the molecule is Cl.N[C@@H](Cc1ccccc1)C(=O)N1CCC(NC(=O)Nc2ccc(F)cc2)CC1. The fraction of sp³-hybridized carbons (Fsp3) is 0.333. The minimum atomic E-state index is -0.561. The smallest absolute Gasteiger partial charge is 0.319 e. The summed E-state index contributed by atoms with van der Waals surface area (Å²) in [6.07, 6.45) is 1.85. The van der Waals surface area contributed by atoms with Crippen LogP contribution in [-0.2, 0) is 11.2 Å². The van der Waals surface area contributed by atoms with E-state index in [1.54, 1.807) is 4.90 Å². The number of likely N-dealkylation sites (tertiary alicyclic amines) is 1. The van der Waals surface area contributed by atoms with Gasteiger partial charge < -0.3 is 21.3 Å². The normalized spacial score (nSPS) is 15.2. The molecule has 0 aromatic heterocycles. The summed E-state index contributed by atoms with van der Waals surface area (Å²) in [6.45, 7) is 1.12. The number of carbonyl (C=O) groups excluding carboxylic acids is 2. The Kier molecular flexibility index (Phi) is 8.42. The number of carbonyl (C=O) groups is 2. The van der Waals surface area contributed by atoms with E-state index in [1.807, 2.05) is 30.3 Å². The van der Waals surface area contributed by atoms with Crippen LogP contribution in [-0.4, -0.2) is 42.0 Å². The Morgan fingerprint density at radius 2 is 1.69 bits per heavy atom. The Hall–Kier alpha value is -2.64. The summed E-state index contributed by atoms with van der Waals surface area (Å²) in [5, 5.41) is 5.58. The van der Waals surface area contributed by atoms with E-state index in [-0.39, 0.29) is 36.2 Å². The third-order valence-corrected chi connectivity index (χ3v) is 4.86. The average Bonchev–Trinajstić information content (AvgIpc) is 2.70. The molecule has 2 aromatic carbocycles. The molecule has 1 atom stereocenters. The fourth-order valence-electron chi connectivity index (χ4n) is 3.32. The molecule has 4 N–H and O–H groups in total. The lowest BCUT2D eigenvalue weighted by Gasteiger charge is -2.33. The standard InChI is InChI=1S/C21H25FN4O2.ClH/c22-16-6-8-17(9-7-16)24-21(28)25-18-10-12-26(13-11-18)20(27)19(23)14-15-4-2-1-3-5-15;/h1-9,18-19H,10-14,23H2,(H2,24,25,28);1H/t19-;/m0./s1. The minimum absolute atomic E-state index is 0. The number of hydrogen-bond donors (Lipinski definition) is 3. The van der Waals surface area contributed by atoms with Crippen molar-refractivity contribution < 1.29 is 14.0 Å². The van der Waals surface area contributed by atoms with Gasteiger partial charge in [-0.1, -0.05) is 30.3 Å². The monoisotopic (exact) mass is 420 g/mol. The largest absolute Gasteiger partial charge is 0.341 e. The van der Waals surface area contributed by atoms with Crippen LogP contribution in [0.25, 0.3) is 0 Å². The van der Waals surface area contributed by atoms with E-state index in [2.05, 4.69) is 10.6 Å². The van der Waals surface area contributed by atoms with Gasteiger partial charge in [-0.3, -0.25) is 4.79 Å². The van der Waals surface area contributed by atoms with Gasteiger partial charge in [-0.05, 0) is 49.1 Å². The van der Waals surface area contributed by atoms with Crippen LogP contribution in [0.4, 0.5) is 14.9 Å². The summed E-state index contributed by atoms with van der Waals surface area (Å²) in [7, 11) is 0. The highest BCUT2D eigenvalue weighted by Crippen LogP contribution is 2.14. The molecule has 0 saturated carbocycles. The van der Waals surface area contributed by atoms with Gasteiger partial charge in [0.2, 0.25) is 5.91 Å². The molecule has 1 aliphatic rings. The van der Waals surface area contributed by atoms with Crippen molar-refractivity contribution in [2.75, 3.05) is 18.4 Å². The van der Waals surface area contributed by atoms with Crippen LogP contribution in [0.15, 0.2) is 54.6 Å². The topological polar surface area (TPSA) is 87.5 Å². The number of nitrogens with zero attached hydrogens (tertiary/aromatic N) is 1. The molecule has 3 rings (SSSR count). The molecule has 1 heterocycles. The second-order valence-electron chi connectivity index (χ2n) is 7.00. The van der Waals surface area contributed by atoms with Crippen molar-refractivity contribution in [3.05, 3.63) is 66.0 Å². The molecule has 1 aliphatic heterocycles. The maximum Gasteiger partial charge on any atom is 0.319 e. The summed E-state index contributed by atoms with van der Waals surface area (Å²) in [5.41, 5.74) is 7.66. The number of amides is 3. The van der Waals surface area contributed by atoms with Crippen LogP contribution in [0.2, 0.25) is 0 Å². The number of nitrogens with two attached hydrogens (primary N) is 1. The molecule has 0 radical (unpaired) electrons. The first-order chi connectivity index (χ1) is 13.5.